The second-order valence-corrected chi connectivity index (χ2v) is 11.2. The summed E-state index contributed by atoms with van der Waals surface area (Å²) in [5.74, 6) is 0.287. The summed E-state index contributed by atoms with van der Waals surface area (Å²) in [5, 5.41) is 10.7. The number of rotatable bonds is 6. The first-order chi connectivity index (χ1) is 14.0. The highest BCUT2D eigenvalue weighted by atomic mass is 32.2. The number of nitro benzene ring substituents is 1. The zero-order valence-corrected chi connectivity index (χ0v) is 18.3. The van der Waals surface area contributed by atoms with Gasteiger partial charge in [0.05, 0.1) is 14.7 Å². The molecular formula is C19H23N3O6S2. The van der Waals surface area contributed by atoms with Gasteiger partial charge in [0, 0.05) is 38.3 Å². The van der Waals surface area contributed by atoms with Crippen molar-refractivity contribution in [2.24, 2.45) is 0 Å². The molecule has 0 aliphatic carbocycles. The number of non-ortho nitro benzene ring substituents is 1. The molecule has 162 valence electrons. The Hall–Kier alpha value is -2.34. The second kappa shape index (κ2) is 8.42. The van der Waals surface area contributed by atoms with Crippen LogP contribution in [0, 0.1) is 10.1 Å². The minimum atomic E-state index is -3.86. The Bertz CT molecular complexity index is 1120. The van der Waals surface area contributed by atoms with E-state index in [2.05, 4.69) is 0 Å². The van der Waals surface area contributed by atoms with Gasteiger partial charge in [0.1, 0.15) is 0 Å². The Balaban J connectivity index is 1.72. The molecule has 0 spiro atoms. The van der Waals surface area contributed by atoms with E-state index in [4.69, 9.17) is 0 Å². The number of nitro groups is 1. The van der Waals surface area contributed by atoms with E-state index in [1.54, 1.807) is 24.3 Å². The molecule has 1 heterocycles. The van der Waals surface area contributed by atoms with Gasteiger partial charge in [0.2, 0.25) is 20.0 Å². The molecule has 3 rings (SSSR count). The van der Waals surface area contributed by atoms with Gasteiger partial charge in [-0.15, -0.1) is 0 Å². The lowest BCUT2D eigenvalue weighted by Crippen LogP contribution is -2.50. The van der Waals surface area contributed by atoms with Crippen LogP contribution in [0.15, 0.2) is 58.3 Å². The zero-order chi connectivity index (χ0) is 22.1. The SMILES string of the molecule is CC(C)c1ccc(S(=O)(=O)N2CCN(S(=O)(=O)c3ccc([N+](=O)[O-])cc3)CC2)cc1. The predicted molar refractivity (Wildman–Crippen MR) is 111 cm³/mol. The van der Waals surface area contributed by atoms with Crippen LogP contribution in [0.5, 0.6) is 0 Å². The fraction of sp³-hybridized carbons (Fsp3) is 0.368. The molecule has 11 heteroatoms. The smallest absolute Gasteiger partial charge is 0.258 e. The van der Waals surface area contributed by atoms with Crippen molar-refractivity contribution in [3.8, 4) is 0 Å². The van der Waals surface area contributed by atoms with E-state index in [9.17, 15) is 26.9 Å². The highest BCUT2D eigenvalue weighted by molar-refractivity contribution is 7.89. The van der Waals surface area contributed by atoms with Crippen molar-refractivity contribution in [1.29, 1.82) is 0 Å². The first kappa shape index (κ1) is 22.3. The van der Waals surface area contributed by atoms with Crippen LogP contribution in [0.25, 0.3) is 0 Å². The van der Waals surface area contributed by atoms with Gasteiger partial charge in [-0.3, -0.25) is 10.1 Å². The summed E-state index contributed by atoms with van der Waals surface area (Å²) < 4.78 is 53.8. The summed E-state index contributed by atoms with van der Waals surface area (Å²) in [6, 6.07) is 11.4. The summed E-state index contributed by atoms with van der Waals surface area (Å²) >= 11 is 0. The summed E-state index contributed by atoms with van der Waals surface area (Å²) in [7, 11) is -7.58. The molecule has 0 N–H and O–H groups in total. The lowest BCUT2D eigenvalue weighted by molar-refractivity contribution is -0.384. The topological polar surface area (TPSA) is 118 Å². The molecule has 0 amide bonds. The van der Waals surface area contributed by atoms with E-state index in [1.165, 1.54) is 20.7 Å². The third kappa shape index (κ3) is 4.38. The summed E-state index contributed by atoms with van der Waals surface area (Å²) in [6.45, 7) is 4.11. The number of benzene rings is 2. The molecule has 2 aromatic rings. The normalized spacial score (nSPS) is 16.6. The third-order valence-corrected chi connectivity index (χ3v) is 8.89. The molecule has 1 aliphatic rings. The van der Waals surface area contributed by atoms with Crippen LogP contribution in [-0.2, 0) is 20.0 Å². The number of nitrogens with zero attached hydrogens (tertiary/aromatic N) is 3. The average molecular weight is 454 g/mol. The Morgan fingerprint density at radius 2 is 1.13 bits per heavy atom. The van der Waals surface area contributed by atoms with Crippen molar-refractivity contribution in [2.75, 3.05) is 26.2 Å². The van der Waals surface area contributed by atoms with Gasteiger partial charge in [-0.05, 0) is 35.7 Å². The monoisotopic (exact) mass is 453 g/mol. The maximum absolute atomic E-state index is 12.9. The van der Waals surface area contributed by atoms with Crippen LogP contribution in [0.2, 0.25) is 0 Å². The number of hydrogen-bond donors (Lipinski definition) is 0. The second-order valence-electron chi connectivity index (χ2n) is 7.28. The van der Waals surface area contributed by atoms with Crippen LogP contribution < -0.4 is 0 Å². The first-order valence-electron chi connectivity index (χ1n) is 9.38. The highest BCUT2D eigenvalue weighted by Crippen LogP contribution is 2.24. The van der Waals surface area contributed by atoms with Gasteiger partial charge in [-0.25, -0.2) is 16.8 Å². The summed E-state index contributed by atoms with van der Waals surface area (Å²) in [6.07, 6.45) is 0. The van der Waals surface area contributed by atoms with Crippen LogP contribution >= 0.6 is 0 Å². The van der Waals surface area contributed by atoms with Crippen molar-refractivity contribution in [1.82, 2.24) is 8.61 Å². The third-order valence-electron chi connectivity index (χ3n) is 5.07. The Kier molecular flexibility index (Phi) is 6.27. The molecule has 30 heavy (non-hydrogen) atoms. The lowest BCUT2D eigenvalue weighted by Gasteiger charge is -2.33. The van der Waals surface area contributed by atoms with E-state index in [0.717, 1.165) is 17.7 Å². The lowest BCUT2D eigenvalue weighted by atomic mass is 10.0. The largest absolute Gasteiger partial charge is 0.269 e. The number of piperazine rings is 1. The fourth-order valence-electron chi connectivity index (χ4n) is 3.21. The molecule has 1 saturated heterocycles. The average Bonchev–Trinajstić information content (AvgIpc) is 2.74. The van der Waals surface area contributed by atoms with Crippen molar-refractivity contribution < 1.29 is 21.8 Å². The Morgan fingerprint density at radius 1 is 0.767 bits per heavy atom. The zero-order valence-electron chi connectivity index (χ0n) is 16.6. The van der Waals surface area contributed by atoms with E-state index in [1.807, 2.05) is 13.8 Å². The van der Waals surface area contributed by atoms with Crippen LogP contribution in [0.1, 0.15) is 25.3 Å². The molecule has 0 atom stereocenters. The molecule has 0 unspecified atom stereocenters. The molecule has 0 aromatic heterocycles. The van der Waals surface area contributed by atoms with Crippen molar-refractivity contribution in [3.63, 3.8) is 0 Å². The van der Waals surface area contributed by atoms with Gasteiger partial charge in [-0.2, -0.15) is 8.61 Å². The van der Waals surface area contributed by atoms with E-state index < -0.39 is 25.0 Å². The Morgan fingerprint density at radius 3 is 1.47 bits per heavy atom. The van der Waals surface area contributed by atoms with Crippen molar-refractivity contribution in [2.45, 2.75) is 29.6 Å². The van der Waals surface area contributed by atoms with Gasteiger partial charge in [0.25, 0.3) is 5.69 Å². The summed E-state index contributed by atoms with van der Waals surface area (Å²) in [5.41, 5.74) is 0.835. The van der Waals surface area contributed by atoms with Crippen LogP contribution in [0.4, 0.5) is 5.69 Å². The van der Waals surface area contributed by atoms with E-state index >= 15 is 0 Å². The molecular weight excluding hydrogens is 430 g/mol. The maximum atomic E-state index is 12.9. The minimum absolute atomic E-state index is 0.00261. The predicted octanol–water partition coefficient (Wildman–Crippen LogP) is 2.41. The van der Waals surface area contributed by atoms with Crippen molar-refractivity contribution in [3.05, 3.63) is 64.2 Å². The van der Waals surface area contributed by atoms with Gasteiger partial charge < -0.3 is 0 Å². The standard InChI is InChI=1S/C19H23N3O6S2/c1-15(2)16-3-7-18(8-4-16)29(25,26)20-11-13-21(14-12-20)30(27,28)19-9-5-17(6-10-19)22(23)24/h3-10,15H,11-14H2,1-2H3. The molecule has 0 radical (unpaired) electrons. The van der Waals surface area contributed by atoms with Crippen LogP contribution in [-0.4, -0.2) is 56.5 Å². The fourth-order valence-corrected chi connectivity index (χ4v) is 6.06. The molecule has 1 fully saturated rings. The first-order valence-corrected chi connectivity index (χ1v) is 12.3. The molecule has 0 saturated carbocycles. The molecule has 2 aromatic carbocycles. The van der Waals surface area contributed by atoms with Gasteiger partial charge in [-0.1, -0.05) is 26.0 Å². The summed E-state index contributed by atoms with van der Waals surface area (Å²) in [4.78, 5) is 10.3. The molecule has 0 bridgehead atoms. The minimum Gasteiger partial charge on any atom is -0.258 e. The maximum Gasteiger partial charge on any atom is 0.269 e. The number of sulfonamides is 2. The quantitative estimate of drug-likeness (QED) is 0.490. The van der Waals surface area contributed by atoms with E-state index in [-0.39, 0.29) is 47.6 Å². The Labute approximate surface area is 176 Å². The van der Waals surface area contributed by atoms with Gasteiger partial charge >= 0.3 is 0 Å². The van der Waals surface area contributed by atoms with Crippen molar-refractivity contribution >= 4 is 25.7 Å². The van der Waals surface area contributed by atoms with Gasteiger partial charge in [0.15, 0.2) is 0 Å². The van der Waals surface area contributed by atoms with E-state index in [0.29, 0.717) is 0 Å². The number of hydrogen-bond acceptors (Lipinski definition) is 6. The van der Waals surface area contributed by atoms with Crippen LogP contribution in [0.3, 0.4) is 0 Å². The molecule has 9 nitrogen and oxygen atoms in total. The highest BCUT2D eigenvalue weighted by Gasteiger charge is 2.33. The molecule has 1 aliphatic heterocycles.